The number of likely N-dealkylation sites (tertiary alicyclic amines) is 1. The topological polar surface area (TPSA) is 29.5 Å². The van der Waals surface area contributed by atoms with E-state index in [4.69, 9.17) is 4.84 Å². The van der Waals surface area contributed by atoms with Crippen LogP contribution in [0.2, 0.25) is 0 Å². The first-order valence-corrected chi connectivity index (χ1v) is 6.04. The Morgan fingerprint density at radius 1 is 1.38 bits per heavy atom. The molecule has 4 nitrogen and oxygen atoms in total. The predicted molar refractivity (Wildman–Crippen MR) is 56.7 cm³/mol. The third kappa shape index (κ3) is 2.87. The highest BCUT2D eigenvalue weighted by molar-refractivity contribution is 5.76. The lowest BCUT2D eigenvalue weighted by Crippen LogP contribution is -3.00. The molecule has 5 heteroatoms. The van der Waals surface area contributed by atoms with Gasteiger partial charge in [0.2, 0.25) is 5.91 Å². The summed E-state index contributed by atoms with van der Waals surface area (Å²) in [7, 11) is 0. The van der Waals surface area contributed by atoms with Crippen LogP contribution in [0.15, 0.2) is 0 Å². The van der Waals surface area contributed by atoms with Crippen molar-refractivity contribution in [1.29, 1.82) is 0 Å². The number of piperidine rings is 1. The molecule has 0 radical (unpaired) electrons. The van der Waals surface area contributed by atoms with Crippen molar-refractivity contribution in [3.05, 3.63) is 0 Å². The second kappa shape index (κ2) is 5.84. The number of hydrogen-bond donors (Lipinski definition) is 0. The Balaban J connectivity index is 0.00000128. The van der Waals surface area contributed by atoms with Gasteiger partial charge in [0, 0.05) is 19.4 Å². The normalized spacial score (nSPS) is 30.3. The third-order valence-electron chi connectivity index (χ3n) is 3.50. The Hall–Kier alpha value is -0.320. The number of carbonyl (C=O) groups is 1. The van der Waals surface area contributed by atoms with Crippen molar-refractivity contribution in [2.24, 2.45) is 0 Å². The molecule has 2 saturated heterocycles. The van der Waals surface area contributed by atoms with Crippen LogP contribution in [0.4, 0.5) is 0 Å². The lowest BCUT2D eigenvalue weighted by atomic mass is 10.1. The van der Waals surface area contributed by atoms with Crippen LogP contribution in [0.5, 0.6) is 0 Å². The second-order valence-electron chi connectivity index (χ2n) is 4.54. The van der Waals surface area contributed by atoms with Crippen LogP contribution in [-0.4, -0.2) is 48.4 Å². The summed E-state index contributed by atoms with van der Waals surface area (Å²) in [4.78, 5) is 19.5. The fourth-order valence-corrected chi connectivity index (χ4v) is 2.46. The Labute approximate surface area is 103 Å². The van der Waals surface area contributed by atoms with Gasteiger partial charge < -0.3 is 12.4 Å². The molecule has 2 rings (SSSR count). The van der Waals surface area contributed by atoms with Gasteiger partial charge in [-0.3, -0.25) is 9.69 Å². The number of halogens is 1. The summed E-state index contributed by atoms with van der Waals surface area (Å²) in [5.41, 5.74) is 0. The predicted octanol–water partition coefficient (Wildman–Crippen LogP) is -1.87. The van der Waals surface area contributed by atoms with Gasteiger partial charge in [0.15, 0.2) is 6.67 Å². The summed E-state index contributed by atoms with van der Waals surface area (Å²) in [6.45, 7) is 6.68. The zero-order valence-corrected chi connectivity index (χ0v) is 10.7. The summed E-state index contributed by atoms with van der Waals surface area (Å²) in [5.74, 6) is 0.308. The Morgan fingerprint density at radius 2 is 2.19 bits per heavy atom. The Bertz CT molecular complexity index is 242. The van der Waals surface area contributed by atoms with Gasteiger partial charge in [0.1, 0.15) is 19.7 Å². The van der Waals surface area contributed by atoms with Crippen molar-refractivity contribution < 1.29 is 26.7 Å². The Kier molecular flexibility index (Phi) is 5.02. The molecule has 0 N–H and O–H groups in total. The molecule has 94 valence electrons. The molecule has 2 aliphatic heterocycles. The quantitative estimate of drug-likeness (QED) is 0.548. The van der Waals surface area contributed by atoms with E-state index in [0.29, 0.717) is 10.6 Å². The van der Waals surface area contributed by atoms with Crippen molar-refractivity contribution >= 4 is 5.91 Å². The molecular formula is C11H21ClN2O2. The molecule has 0 saturated carbocycles. The van der Waals surface area contributed by atoms with Crippen LogP contribution >= 0.6 is 0 Å². The standard InChI is InChI=1S/C11H21N2O2.ClH/c1-2-13(8-5-9-15-13)10-12-7-4-3-6-11(12)14;/h2-10H2,1H3;1H/q+1;/p-1. The molecule has 0 bridgehead atoms. The number of hydrogen-bond acceptors (Lipinski definition) is 2. The summed E-state index contributed by atoms with van der Waals surface area (Å²) in [6, 6.07) is 0. The van der Waals surface area contributed by atoms with E-state index in [1.165, 1.54) is 0 Å². The first kappa shape index (κ1) is 13.7. The monoisotopic (exact) mass is 248 g/mol. The summed E-state index contributed by atoms with van der Waals surface area (Å²) < 4.78 is 0.658. The Morgan fingerprint density at radius 3 is 2.75 bits per heavy atom. The van der Waals surface area contributed by atoms with Crippen LogP contribution in [0.3, 0.4) is 0 Å². The highest BCUT2D eigenvalue weighted by atomic mass is 35.5. The molecule has 1 unspecified atom stereocenters. The number of hydroxylamine groups is 3. The van der Waals surface area contributed by atoms with Gasteiger partial charge in [-0.2, -0.15) is 4.65 Å². The third-order valence-corrected chi connectivity index (χ3v) is 3.50. The second-order valence-corrected chi connectivity index (χ2v) is 4.54. The zero-order chi connectivity index (χ0) is 10.7. The minimum absolute atomic E-state index is 0. The number of nitrogens with zero attached hydrogens (tertiary/aromatic N) is 2. The minimum atomic E-state index is 0. The fraction of sp³-hybridized carbons (Fsp3) is 0.909. The lowest BCUT2D eigenvalue weighted by Gasteiger charge is -2.36. The summed E-state index contributed by atoms with van der Waals surface area (Å²) in [5, 5.41) is 0. The molecule has 0 aromatic heterocycles. The van der Waals surface area contributed by atoms with Gasteiger partial charge in [0.05, 0.1) is 0 Å². The van der Waals surface area contributed by atoms with Gasteiger partial charge in [0.25, 0.3) is 0 Å². The first-order valence-electron chi connectivity index (χ1n) is 6.04. The van der Waals surface area contributed by atoms with Gasteiger partial charge in [-0.25, -0.2) is 4.84 Å². The molecule has 0 spiro atoms. The largest absolute Gasteiger partial charge is 1.00 e. The van der Waals surface area contributed by atoms with Gasteiger partial charge in [-0.05, 0) is 19.8 Å². The van der Waals surface area contributed by atoms with Crippen molar-refractivity contribution in [1.82, 2.24) is 4.90 Å². The zero-order valence-electron chi connectivity index (χ0n) is 9.95. The van der Waals surface area contributed by atoms with Gasteiger partial charge in [-0.1, -0.05) is 0 Å². The van der Waals surface area contributed by atoms with E-state index in [9.17, 15) is 4.79 Å². The van der Waals surface area contributed by atoms with Crippen LogP contribution in [-0.2, 0) is 9.63 Å². The first-order chi connectivity index (χ1) is 7.26. The number of carbonyl (C=O) groups excluding carboxylic acids is 1. The average Bonchev–Trinajstić information content (AvgIpc) is 2.71. The van der Waals surface area contributed by atoms with E-state index in [1.54, 1.807) is 0 Å². The molecule has 0 aromatic rings. The molecule has 2 fully saturated rings. The molecule has 1 atom stereocenters. The van der Waals surface area contributed by atoms with E-state index in [-0.39, 0.29) is 12.4 Å². The number of amides is 1. The lowest BCUT2D eigenvalue weighted by molar-refractivity contribution is -1.09. The number of rotatable bonds is 3. The van der Waals surface area contributed by atoms with Crippen LogP contribution in [0, 0.1) is 0 Å². The fourth-order valence-electron chi connectivity index (χ4n) is 2.46. The van der Waals surface area contributed by atoms with Crippen molar-refractivity contribution in [2.75, 3.05) is 32.9 Å². The molecule has 16 heavy (non-hydrogen) atoms. The highest BCUT2D eigenvalue weighted by Gasteiger charge is 2.36. The molecular weight excluding hydrogens is 228 g/mol. The summed E-state index contributed by atoms with van der Waals surface area (Å²) >= 11 is 0. The average molecular weight is 249 g/mol. The molecule has 1 amide bonds. The van der Waals surface area contributed by atoms with Crippen LogP contribution < -0.4 is 12.4 Å². The van der Waals surface area contributed by atoms with E-state index < -0.39 is 0 Å². The van der Waals surface area contributed by atoms with Crippen LogP contribution in [0.1, 0.15) is 32.6 Å². The maximum atomic E-state index is 11.7. The van der Waals surface area contributed by atoms with Crippen LogP contribution in [0.25, 0.3) is 0 Å². The van der Waals surface area contributed by atoms with E-state index in [0.717, 1.165) is 58.6 Å². The van der Waals surface area contributed by atoms with Crippen molar-refractivity contribution in [3.63, 3.8) is 0 Å². The van der Waals surface area contributed by atoms with E-state index in [1.807, 2.05) is 4.90 Å². The SMILES string of the molecule is CC[N+]1(CN2CCCCC2=O)CCCO1.[Cl-]. The highest BCUT2D eigenvalue weighted by Crippen LogP contribution is 2.20. The van der Waals surface area contributed by atoms with Gasteiger partial charge in [-0.15, -0.1) is 0 Å². The van der Waals surface area contributed by atoms with Gasteiger partial charge >= 0.3 is 0 Å². The van der Waals surface area contributed by atoms with E-state index in [2.05, 4.69) is 6.92 Å². The molecule has 2 aliphatic rings. The maximum absolute atomic E-state index is 11.7. The molecule has 0 aromatic carbocycles. The summed E-state index contributed by atoms with van der Waals surface area (Å²) in [6.07, 6.45) is 4.05. The maximum Gasteiger partial charge on any atom is 0.226 e. The smallest absolute Gasteiger partial charge is 0.226 e. The molecule has 0 aliphatic carbocycles. The molecule has 2 heterocycles. The minimum Gasteiger partial charge on any atom is -1.00 e. The van der Waals surface area contributed by atoms with E-state index >= 15 is 0 Å². The number of quaternary nitrogens is 1. The van der Waals surface area contributed by atoms with Crippen molar-refractivity contribution in [2.45, 2.75) is 32.6 Å². The van der Waals surface area contributed by atoms with Crippen molar-refractivity contribution in [3.8, 4) is 0 Å².